The predicted octanol–water partition coefficient (Wildman–Crippen LogP) is 1.82. The van der Waals surface area contributed by atoms with Crippen LogP contribution in [-0.4, -0.2) is 61.2 Å². The van der Waals surface area contributed by atoms with Gasteiger partial charge in [0.25, 0.3) is 0 Å². The molecule has 0 atom stereocenters. The summed E-state index contributed by atoms with van der Waals surface area (Å²) in [5.74, 6) is -23.3. The highest BCUT2D eigenvalue weighted by atomic mass is 19.4. The molecule has 4 nitrogen and oxygen atoms in total. The van der Waals surface area contributed by atoms with Crippen LogP contribution >= 0.6 is 0 Å². The van der Waals surface area contributed by atoms with E-state index in [2.05, 4.69) is 0 Å². The number of carbonyl (C=O) groups is 1. The lowest BCUT2D eigenvalue weighted by Crippen LogP contribution is -2.66. The van der Waals surface area contributed by atoms with Gasteiger partial charge in [-0.25, -0.2) is 5.01 Å². The summed E-state index contributed by atoms with van der Waals surface area (Å²) in [4.78, 5) is 11.0. The van der Waals surface area contributed by atoms with Gasteiger partial charge in [-0.1, -0.05) is 0 Å². The Kier molecular flexibility index (Phi) is 4.92. The number of morpholine rings is 1. The summed E-state index contributed by atoms with van der Waals surface area (Å²) in [7, 11) is 0. The molecule has 0 aromatic carbocycles. The highest BCUT2D eigenvalue weighted by Gasteiger charge is 2.83. The Hall–Kier alpha value is -1.24. The van der Waals surface area contributed by atoms with E-state index in [-0.39, 0.29) is 26.3 Å². The molecule has 0 aromatic heterocycles. The van der Waals surface area contributed by atoms with Crippen LogP contribution in [0.25, 0.3) is 0 Å². The number of alkyl halides is 9. The molecule has 1 rings (SSSR count). The Balaban J connectivity index is 2.97. The third-order valence-corrected chi connectivity index (χ3v) is 2.70. The maximum Gasteiger partial charge on any atom is 0.460 e. The molecule has 0 radical (unpaired) electrons. The van der Waals surface area contributed by atoms with E-state index >= 15 is 0 Å². The molecular formula is C9H9F9N2O2. The Morgan fingerprint density at radius 1 is 0.864 bits per heavy atom. The maximum atomic E-state index is 13.2. The number of halogens is 9. The number of hydrazine groups is 1. The largest absolute Gasteiger partial charge is 0.460 e. The summed E-state index contributed by atoms with van der Waals surface area (Å²) < 4.78 is 118. The molecule has 0 bridgehead atoms. The molecule has 22 heavy (non-hydrogen) atoms. The molecule has 0 unspecified atom stereocenters. The Morgan fingerprint density at radius 3 is 1.73 bits per heavy atom. The van der Waals surface area contributed by atoms with E-state index < -0.39 is 29.9 Å². The smallest absolute Gasteiger partial charge is 0.379 e. The average Bonchev–Trinajstić information content (AvgIpc) is 2.38. The SMILES string of the molecule is O=C(NN1CCOCC1)C(F)(F)C(F)(F)C(F)(F)C(F)(F)F. The van der Waals surface area contributed by atoms with Gasteiger partial charge in [0.15, 0.2) is 0 Å². The zero-order valence-corrected chi connectivity index (χ0v) is 10.5. The van der Waals surface area contributed by atoms with E-state index in [0.717, 1.165) is 0 Å². The van der Waals surface area contributed by atoms with E-state index in [1.807, 2.05) is 0 Å². The summed E-state index contributed by atoms with van der Waals surface area (Å²) >= 11 is 0. The minimum absolute atomic E-state index is 0.0824. The molecule has 0 aromatic rings. The summed E-state index contributed by atoms with van der Waals surface area (Å²) in [6.45, 7) is -0.631. The van der Waals surface area contributed by atoms with Crippen molar-refractivity contribution < 1.29 is 49.0 Å². The molecule has 13 heteroatoms. The molecule has 1 saturated heterocycles. The van der Waals surface area contributed by atoms with E-state index in [0.29, 0.717) is 5.01 Å². The molecule has 0 saturated carbocycles. The molecule has 1 fully saturated rings. The lowest BCUT2D eigenvalue weighted by atomic mass is 10.0. The Labute approximate surface area is 117 Å². The fraction of sp³-hybridized carbons (Fsp3) is 0.889. The number of nitrogens with zero attached hydrogens (tertiary/aromatic N) is 1. The summed E-state index contributed by atoms with van der Waals surface area (Å²) in [6.07, 6.45) is -6.96. The molecule has 1 N–H and O–H groups in total. The number of rotatable bonds is 4. The summed E-state index contributed by atoms with van der Waals surface area (Å²) in [6, 6.07) is 0. The zero-order valence-electron chi connectivity index (χ0n) is 10.5. The zero-order chi connectivity index (χ0) is 17.4. The van der Waals surface area contributed by atoms with Crippen molar-refractivity contribution in [2.24, 2.45) is 0 Å². The van der Waals surface area contributed by atoms with E-state index in [4.69, 9.17) is 4.74 Å². The number of nitrogens with one attached hydrogen (secondary N) is 1. The second kappa shape index (κ2) is 5.76. The lowest BCUT2D eigenvalue weighted by molar-refractivity contribution is -0.388. The quantitative estimate of drug-likeness (QED) is 0.788. The highest BCUT2D eigenvalue weighted by Crippen LogP contribution is 2.53. The number of ether oxygens (including phenoxy) is 1. The van der Waals surface area contributed by atoms with Crippen molar-refractivity contribution in [1.29, 1.82) is 0 Å². The van der Waals surface area contributed by atoms with Gasteiger partial charge >= 0.3 is 29.9 Å². The first-order valence-electron chi connectivity index (χ1n) is 5.59. The van der Waals surface area contributed by atoms with Crippen molar-refractivity contribution in [2.75, 3.05) is 26.3 Å². The summed E-state index contributed by atoms with van der Waals surface area (Å²) in [5.41, 5.74) is 1.17. The first kappa shape index (κ1) is 18.8. The molecular weight excluding hydrogens is 339 g/mol. The topological polar surface area (TPSA) is 41.6 Å². The van der Waals surface area contributed by atoms with Gasteiger partial charge in [0.2, 0.25) is 0 Å². The third-order valence-electron chi connectivity index (χ3n) is 2.70. The van der Waals surface area contributed by atoms with E-state index in [9.17, 15) is 44.3 Å². The predicted molar refractivity (Wildman–Crippen MR) is 51.4 cm³/mol. The highest BCUT2D eigenvalue weighted by molar-refractivity contribution is 5.84. The number of amides is 1. The van der Waals surface area contributed by atoms with Crippen molar-refractivity contribution in [2.45, 2.75) is 23.9 Å². The van der Waals surface area contributed by atoms with E-state index in [1.54, 1.807) is 0 Å². The molecule has 0 spiro atoms. The van der Waals surface area contributed by atoms with Crippen molar-refractivity contribution in [3.8, 4) is 0 Å². The van der Waals surface area contributed by atoms with Crippen LogP contribution in [0, 0.1) is 0 Å². The minimum Gasteiger partial charge on any atom is -0.379 e. The standard InChI is InChI=1S/C9H9F9N2O2/c10-6(11,5(21)19-20-1-3-22-4-2-20)7(12,13)8(14,15)9(16,17)18/h1-4H2,(H,19,21). The first-order chi connectivity index (χ1) is 9.75. The normalized spacial score (nSPS) is 19.1. The van der Waals surface area contributed by atoms with Crippen LogP contribution in [0.4, 0.5) is 39.5 Å². The summed E-state index contributed by atoms with van der Waals surface area (Å²) in [5, 5.41) is 0.640. The van der Waals surface area contributed by atoms with Crippen LogP contribution in [0.1, 0.15) is 0 Å². The lowest BCUT2D eigenvalue weighted by Gasteiger charge is -2.34. The van der Waals surface area contributed by atoms with Crippen molar-refractivity contribution >= 4 is 5.91 Å². The van der Waals surface area contributed by atoms with Gasteiger partial charge in [-0.3, -0.25) is 10.2 Å². The van der Waals surface area contributed by atoms with Crippen LogP contribution < -0.4 is 5.43 Å². The van der Waals surface area contributed by atoms with Crippen molar-refractivity contribution in [3.05, 3.63) is 0 Å². The van der Waals surface area contributed by atoms with Crippen molar-refractivity contribution in [3.63, 3.8) is 0 Å². The fourth-order valence-corrected chi connectivity index (χ4v) is 1.41. The van der Waals surface area contributed by atoms with Gasteiger partial charge in [-0.05, 0) is 0 Å². The number of carbonyl (C=O) groups excluding carboxylic acids is 1. The van der Waals surface area contributed by atoms with Crippen molar-refractivity contribution in [1.82, 2.24) is 10.4 Å². The van der Waals surface area contributed by atoms with Gasteiger partial charge in [0.05, 0.1) is 13.2 Å². The molecule has 1 aliphatic rings. The van der Waals surface area contributed by atoms with Crippen LogP contribution in [0.3, 0.4) is 0 Å². The van der Waals surface area contributed by atoms with Crippen LogP contribution in [0.15, 0.2) is 0 Å². The maximum absolute atomic E-state index is 13.2. The fourth-order valence-electron chi connectivity index (χ4n) is 1.41. The van der Waals surface area contributed by atoms with E-state index in [1.165, 1.54) is 5.43 Å². The number of hydrogen-bond donors (Lipinski definition) is 1. The third kappa shape index (κ3) is 3.09. The number of hydrogen-bond acceptors (Lipinski definition) is 3. The Bertz CT molecular complexity index is 418. The van der Waals surface area contributed by atoms with Gasteiger partial charge in [0, 0.05) is 13.1 Å². The van der Waals surface area contributed by atoms with Gasteiger partial charge in [-0.15, -0.1) is 0 Å². The molecule has 1 heterocycles. The second-order valence-electron chi connectivity index (χ2n) is 4.26. The first-order valence-corrected chi connectivity index (χ1v) is 5.59. The van der Waals surface area contributed by atoms with Gasteiger partial charge in [0.1, 0.15) is 0 Å². The average molecular weight is 348 g/mol. The molecule has 1 aliphatic heterocycles. The molecule has 0 aliphatic carbocycles. The monoisotopic (exact) mass is 348 g/mol. The minimum atomic E-state index is -7.09. The van der Waals surface area contributed by atoms with Crippen LogP contribution in [0.2, 0.25) is 0 Å². The van der Waals surface area contributed by atoms with Gasteiger partial charge < -0.3 is 4.74 Å². The second-order valence-corrected chi connectivity index (χ2v) is 4.26. The molecule has 130 valence electrons. The Morgan fingerprint density at radius 2 is 1.32 bits per heavy atom. The molecule has 1 amide bonds. The van der Waals surface area contributed by atoms with Crippen LogP contribution in [0.5, 0.6) is 0 Å². The van der Waals surface area contributed by atoms with Crippen LogP contribution in [-0.2, 0) is 9.53 Å². The van der Waals surface area contributed by atoms with Gasteiger partial charge in [-0.2, -0.15) is 39.5 Å².